The zero-order chi connectivity index (χ0) is 20.8. The highest BCUT2D eigenvalue weighted by Crippen LogP contribution is 2.25. The van der Waals surface area contributed by atoms with Gasteiger partial charge in [-0.15, -0.1) is 0 Å². The largest absolute Gasteiger partial charge is 0.207 e. The van der Waals surface area contributed by atoms with E-state index in [1.807, 2.05) is 6.07 Å². The zero-order valence-corrected chi connectivity index (χ0v) is 17.3. The second-order valence-corrected chi connectivity index (χ2v) is 7.51. The molecule has 0 spiro atoms. The number of rotatable bonds is 5. The van der Waals surface area contributed by atoms with Crippen molar-refractivity contribution in [1.82, 2.24) is 0 Å². The van der Waals surface area contributed by atoms with Gasteiger partial charge in [0.2, 0.25) is 0 Å². The van der Waals surface area contributed by atoms with Gasteiger partial charge in [-0.3, -0.25) is 0 Å². The quantitative estimate of drug-likeness (QED) is 0.316. The minimum atomic E-state index is -0.400. The lowest BCUT2D eigenvalue weighted by Crippen LogP contribution is -1.90. The third-order valence-corrected chi connectivity index (χ3v) is 5.15. The standard InChI is InChI=1S/C27H26F2/c1-4-5-6-7-21-9-13-23(20(3)16-21)14-10-22-11-15-25(27(29)17-22)24-12-8-19(2)26(28)18-24/h8-9,11-13,15-18H,4-7H2,1-3H3. The fraction of sp³-hybridized carbons (Fsp3) is 0.259. The average molecular weight is 389 g/mol. The van der Waals surface area contributed by atoms with Crippen LogP contribution in [0.4, 0.5) is 8.78 Å². The minimum Gasteiger partial charge on any atom is -0.207 e. The maximum Gasteiger partial charge on any atom is 0.132 e. The molecule has 0 unspecified atom stereocenters. The molecule has 0 heterocycles. The molecule has 0 atom stereocenters. The Morgan fingerprint density at radius 3 is 2.28 bits per heavy atom. The molecular formula is C27H26F2. The Morgan fingerprint density at radius 2 is 1.59 bits per heavy atom. The third kappa shape index (κ3) is 5.33. The van der Waals surface area contributed by atoms with Crippen molar-refractivity contribution >= 4 is 0 Å². The highest BCUT2D eigenvalue weighted by Gasteiger charge is 2.08. The summed E-state index contributed by atoms with van der Waals surface area (Å²) in [6, 6.07) is 16.0. The van der Waals surface area contributed by atoms with Gasteiger partial charge < -0.3 is 0 Å². The van der Waals surface area contributed by atoms with Gasteiger partial charge in [-0.1, -0.05) is 61.9 Å². The number of hydrogen-bond donors (Lipinski definition) is 0. The minimum absolute atomic E-state index is 0.334. The summed E-state index contributed by atoms with van der Waals surface area (Å²) in [5.74, 6) is 5.47. The van der Waals surface area contributed by atoms with Crippen LogP contribution < -0.4 is 0 Å². The number of hydrogen-bond acceptors (Lipinski definition) is 0. The Labute approximate surface area is 172 Å². The first-order chi connectivity index (χ1) is 14.0. The van der Waals surface area contributed by atoms with Crippen molar-refractivity contribution in [3.63, 3.8) is 0 Å². The summed E-state index contributed by atoms with van der Waals surface area (Å²) < 4.78 is 28.4. The van der Waals surface area contributed by atoms with E-state index in [2.05, 4.69) is 37.8 Å². The van der Waals surface area contributed by atoms with Gasteiger partial charge in [0.1, 0.15) is 11.6 Å². The lowest BCUT2D eigenvalue weighted by Gasteiger charge is -2.06. The molecule has 0 N–H and O–H groups in total. The highest BCUT2D eigenvalue weighted by atomic mass is 19.1. The summed E-state index contributed by atoms with van der Waals surface area (Å²) in [5.41, 5.74) is 5.48. The molecule has 0 aliphatic heterocycles. The van der Waals surface area contributed by atoms with E-state index in [1.165, 1.54) is 37.0 Å². The molecule has 0 fully saturated rings. The molecule has 3 rings (SSSR count). The van der Waals surface area contributed by atoms with Crippen molar-refractivity contribution in [2.75, 3.05) is 0 Å². The molecular weight excluding hydrogens is 362 g/mol. The van der Waals surface area contributed by atoms with Crippen molar-refractivity contribution in [2.24, 2.45) is 0 Å². The summed E-state index contributed by atoms with van der Waals surface area (Å²) in [7, 11) is 0. The molecule has 3 aromatic carbocycles. The van der Waals surface area contributed by atoms with Crippen LogP contribution in [-0.4, -0.2) is 0 Å². The molecule has 0 saturated carbocycles. The summed E-state index contributed by atoms with van der Waals surface area (Å²) in [6.07, 6.45) is 4.76. The van der Waals surface area contributed by atoms with E-state index < -0.39 is 5.82 Å². The lowest BCUT2D eigenvalue weighted by atomic mass is 10.00. The van der Waals surface area contributed by atoms with Gasteiger partial charge in [0.25, 0.3) is 0 Å². The normalized spacial score (nSPS) is 10.5. The van der Waals surface area contributed by atoms with Crippen LogP contribution in [0.1, 0.15) is 54.0 Å². The monoisotopic (exact) mass is 388 g/mol. The van der Waals surface area contributed by atoms with Crippen LogP contribution in [0.25, 0.3) is 11.1 Å². The average Bonchev–Trinajstić information content (AvgIpc) is 2.70. The van der Waals surface area contributed by atoms with E-state index in [1.54, 1.807) is 31.2 Å². The van der Waals surface area contributed by atoms with Crippen molar-refractivity contribution in [3.8, 4) is 23.0 Å². The molecule has 0 bridgehead atoms. The molecule has 0 nitrogen and oxygen atoms in total. The van der Waals surface area contributed by atoms with E-state index >= 15 is 0 Å². The van der Waals surface area contributed by atoms with Crippen molar-refractivity contribution in [3.05, 3.63) is 94.0 Å². The van der Waals surface area contributed by atoms with Crippen LogP contribution in [0.5, 0.6) is 0 Å². The van der Waals surface area contributed by atoms with Gasteiger partial charge in [0.05, 0.1) is 0 Å². The summed E-state index contributed by atoms with van der Waals surface area (Å²) in [4.78, 5) is 0. The molecule has 3 aromatic rings. The third-order valence-electron chi connectivity index (χ3n) is 5.15. The molecule has 0 radical (unpaired) electrons. The second-order valence-electron chi connectivity index (χ2n) is 7.51. The first-order valence-corrected chi connectivity index (χ1v) is 10.2. The van der Waals surface area contributed by atoms with E-state index in [0.717, 1.165) is 17.5 Å². The number of unbranched alkanes of at least 4 members (excludes halogenated alkanes) is 2. The predicted octanol–water partition coefficient (Wildman–Crippen LogP) is 7.38. The highest BCUT2D eigenvalue weighted by molar-refractivity contribution is 5.66. The summed E-state index contributed by atoms with van der Waals surface area (Å²) >= 11 is 0. The van der Waals surface area contributed by atoms with Crippen LogP contribution in [0.3, 0.4) is 0 Å². The van der Waals surface area contributed by atoms with Gasteiger partial charge in [-0.25, -0.2) is 8.78 Å². The Balaban J connectivity index is 1.79. The van der Waals surface area contributed by atoms with Gasteiger partial charge in [-0.05, 0) is 73.2 Å². The van der Waals surface area contributed by atoms with Crippen LogP contribution in [0.15, 0.2) is 54.6 Å². The van der Waals surface area contributed by atoms with Crippen LogP contribution in [-0.2, 0) is 6.42 Å². The molecule has 0 aromatic heterocycles. The summed E-state index contributed by atoms with van der Waals surface area (Å²) in [6.45, 7) is 5.95. The SMILES string of the molecule is CCCCCc1ccc(C#Cc2ccc(-c3ccc(C)c(F)c3)c(F)c2)c(C)c1. The van der Waals surface area contributed by atoms with Gasteiger partial charge in [-0.2, -0.15) is 0 Å². The lowest BCUT2D eigenvalue weighted by molar-refractivity contribution is 0.617. The first-order valence-electron chi connectivity index (χ1n) is 10.2. The molecule has 0 saturated heterocycles. The fourth-order valence-corrected chi connectivity index (χ4v) is 3.33. The van der Waals surface area contributed by atoms with E-state index in [0.29, 0.717) is 22.3 Å². The molecule has 148 valence electrons. The van der Waals surface area contributed by atoms with Gasteiger partial charge in [0.15, 0.2) is 0 Å². The topological polar surface area (TPSA) is 0 Å². The predicted molar refractivity (Wildman–Crippen MR) is 117 cm³/mol. The molecule has 2 heteroatoms. The fourth-order valence-electron chi connectivity index (χ4n) is 3.33. The van der Waals surface area contributed by atoms with Crippen LogP contribution in [0, 0.1) is 37.3 Å². The zero-order valence-electron chi connectivity index (χ0n) is 17.3. The number of aryl methyl sites for hydroxylation is 3. The van der Waals surface area contributed by atoms with Gasteiger partial charge >= 0.3 is 0 Å². The Hall–Kier alpha value is -2.92. The Bertz CT molecular complexity index is 1070. The first kappa shape index (κ1) is 20.8. The Morgan fingerprint density at radius 1 is 0.759 bits per heavy atom. The molecule has 0 aliphatic carbocycles. The Kier molecular flexibility index (Phi) is 6.83. The smallest absolute Gasteiger partial charge is 0.132 e. The van der Waals surface area contributed by atoms with E-state index in [-0.39, 0.29) is 5.82 Å². The van der Waals surface area contributed by atoms with Crippen LogP contribution in [0.2, 0.25) is 0 Å². The van der Waals surface area contributed by atoms with Gasteiger partial charge in [0, 0.05) is 16.7 Å². The summed E-state index contributed by atoms with van der Waals surface area (Å²) in [5, 5.41) is 0. The van der Waals surface area contributed by atoms with E-state index in [4.69, 9.17) is 0 Å². The number of benzene rings is 3. The molecule has 0 amide bonds. The van der Waals surface area contributed by atoms with Crippen molar-refractivity contribution in [1.29, 1.82) is 0 Å². The molecule has 0 aliphatic rings. The second kappa shape index (κ2) is 9.52. The van der Waals surface area contributed by atoms with Crippen molar-refractivity contribution < 1.29 is 8.78 Å². The number of halogens is 2. The molecule has 29 heavy (non-hydrogen) atoms. The van der Waals surface area contributed by atoms with E-state index in [9.17, 15) is 8.78 Å². The van der Waals surface area contributed by atoms with Crippen LogP contribution >= 0.6 is 0 Å². The van der Waals surface area contributed by atoms with Crippen molar-refractivity contribution in [2.45, 2.75) is 46.5 Å². The maximum absolute atomic E-state index is 14.6. The maximum atomic E-state index is 14.6.